The molecule has 0 radical (unpaired) electrons. The van der Waals surface area contributed by atoms with Gasteiger partial charge in [0.05, 0.1) is 0 Å². The van der Waals surface area contributed by atoms with Gasteiger partial charge >= 0.3 is 0 Å². The lowest BCUT2D eigenvalue weighted by atomic mass is 9.74. The molecule has 0 nitrogen and oxygen atoms in total. The molecule has 3 aromatic rings. The van der Waals surface area contributed by atoms with Crippen LogP contribution in [0.1, 0.15) is 23.1 Å². The Bertz CT molecular complexity index is 1010. The van der Waals surface area contributed by atoms with Gasteiger partial charge < -0.3 is 0 Å². The summed E-state index contributed by atoms with van der Waals surface area (Å²) in [7, 11) is 0. The molecule has 1 atom stereocenters. The molecule has 4 rings (SSSR count). The summed E-state index contributed by atoms with van der Waals surface area (Å²) in [5, 5.41) is 0. The molecule has 0 amide bonds. The first kappa shape index (κ1) is 18.0. The van der Waals surface area contributed by atoms with Crippen LogP contribution in [0.4, 0.5) is 0 Å². The summed E-state index contributed by atoms with van der Waals surface area (Å²) in [5.74, 6) is 0. The van der Waals surface area contributed by atoms with Crippen molar-refractivity contribution in [1.29, 1.82) is 0 Å². The van der Waals surface area contributed by atoms with Gasteiger partial charge in [-0.25, -0.2) is 0 Å². The number of hydrogen-bond donors (Lipinski definition) is 0. The highest BCUT2D eigenvalue weighted by Gasteiger charge is 2.27. The Balaban J connectivity index is 1.60. The largest absolute Gasteiger partial charge is 0.0758 e. The van der Waals surface area contributed by atoms with Crippen LogP contribution in [0, 0.1) is 0 Å². The minimum Gasteiger partial charge on any atom is -0.0758 e. The van der Waals surface area contributed by atoms with Gasteiger partial charge in [-0.15, -0.1) is 0 Å². The predicted octanol–water partition coefficient (Wildman–Crippen LogP) is 7.24. The summed E-state index contributed by atoms with van der Waals surface area (Å²) >= 11 is 0. The minimum atomic E-state index is -0.110. The first-order valence-electron chi connectivity index (χ1n) is 9.76. The van der Waals surface area contributed by atoms with Gasteiger partial charge in [0, 0.05) is 5.41 Å². The zero-order valence-electron chi connectivity index (χ0n) is 15.9. The van der Waals surface area contributed by atoms with E-state index < -0.39 is 0 Å². The molecule has 0 bridgehead atoms. The van der Waals surface area contributed by atoms with Crippen molar-refractivity contribution in [1.82, 2.24) is 0 Å². The Kier molecular flexibility index (Phi) is 5.49. The zero-order valence-corrected chi connectivity index (χ0v) is 15.9. The highest BCUT2D eigenvalue weighted by molar-refractivity contribution is 5.59. The molecular weight excluding hydrogens is 336 g/mol. The smallest absolute Gasteiger partial charge is 0.0353 e. The third-order valence-electron chi connectivity index (χ3n) is 5.20. The van der Waals surface area contributed by atoms with Gasteiger partial charge in [-0.3, -0.25) is 0 Å². The maximum absolute atomic E-state index is 2.34. The summed E-state index contributed by atoms with van der Waals surface area (Å²) in [6, 6.07) is 31.7. The molecule has 0 N–H and O–H groups in total. The minimum absolute atomic E-state index is 0.110. The molecule has 0 saturated heterocycles. The van der Waals surface area contributed by atoms with Gasteiger partial charge in [0.25, 0.3) is 0 Å². The van der Waals surface area contributed by atoms with E-state index in [0.717, 1.165) is 6.42 Å². The van der Waals surface area contributed by atoms with Crippen LogP contribution in [0.25, 0.3) is 12.2 Å². The summed E-state index contributed by atoms with van der Waals surface area (Å²) in [6.07, 6.45) is 16.8. The van der Waals surface area contributed by atoms with E-state index in [1.54, 1.807) is 0 Å². The molecular formula is C28H24. The van der Waals surface area contributed by atoms with Crippen LogP contribution in [0.5, 0.6) is 0 Å². The van der Waals surface area contributed by atoms with Gasteiger partial charge in [-0.05, 0) is 28.7 Å². The van der Waals surface area contributed by atoms with E-state index >= 15 is 0 Å². The van der Waals surface area contributed by atoms with Crippen LogP contribution in [-0.4, -0.2) is 0 Å². The van der Waals surface area contributed by atoms with Crippen molar-refractivity contribution in [3.63, 3.8) is 0 Å². The van der Waals surface area contributed by atoms with Crippen LogP contribution in [0.3, 0.4) is 0 Å². The molecule has 1 aliphatic rings. The van der Waals surface area contributed by atoms with Gasteiger partial charge in [0.1, 0.15) is 0 Å². The van der Waals surface area contributed by atoms with Gasteiger partial charge in [0.15, 0.2) is 0 Å². The maximum Gasteiger partial charge on any atom is 0.0353 e. The molecule has 1 unspecified atom stereocenters. The molecule has 0 aromatic heterocycles. The van der Waals surface area contributed by atoms with Gasteiger partial charge in [-0.2, -0.15) is 0 Å². The van der Waals surface area contributed by atoms with Crippen molar-refractivity contribution >= 4 is 12.2 Å². The van der Waals surface area contributed by atoms with Crippen molar-refractivity contribution in [2.75, 3.05) is 0 Å². The van der Waals surface area contributed by atoms with E-state index in [2.05, 4.69) is 127 Å². The number of allylic oxidation sites excluding steroid dienone is 6. The number of benzene rings is 3. The van der Waals surface area contributed by atoms with Gasteiger partial charge in [0.2, 0.25) is 0 Å². The van der Waals surface area contributed by atoms with Crippen LogP contribution < -0.4 is 0 Å². The average molecular weight is 360 g/mol. The third kappa shape index (κ3) is 4.29. The van der Waals surface area contributed by atoms with Crippen LogP contribution in [-0.2, 0) is 5.41 Å². The van der Waals surface area contributed by atoms with E-state index in [1.165, 1.54) is 22.3 Å². The average Bonchev–Trinajstić information content (AvgIpc) is 2.79. The molecule has 0 saturated carbocycles. The fourth-order valence-corrected chi connectivity index (χ4v) is 3.54. The number of hydrogen-bond acceptors (Lipinski definition) is 0. The van der Waals surface area contributed by atoms with Crippen molar-refractivity contribution in [3.05, 3.63) is 144 Å². The second kappa shape index (κ2) is 8.54. The third-order valence-corrected chi connectivity index (χ3v) is 5.20. The molecule has 3 aromatic carbocycles. The Labute approximate surface area is 167 Å². The topological polar surface area (TPSA) is 0 Å². The summed E-state index contributed by atoms with van der Waals surface area (Å²) in [5.41, 5.74) is 4.91. The summed E-state index contributed by atoms with van der Waals surface area (Å²) in [4.78, 5) is 0. The Morgan fingerprint density at radius 1 is 0.607 bits per heavy atom. The maximum atomic E-state index is 2.34. The zero-order chi connectivity index (χ0) is 19.1. The van der Waals surface area contributed by atoms with Crippen LogP contribution in [0.2, 0.25) is 0 Å². The fraction of sp³-hybridized carbons (Fsp3) is 0.0714. The van der Waals surface area contributed by atoms with Crippen molar-refractivity contribution in [2.45, 2.75) is 11.8 Å². The fourth-order valence-electron chi connectivity index (χ4n) is 3.54. The van der Waals surface area contributed by atoms with Gasteiger partial charge in [-0.1, -0.05) is 134 Å². The monoisotopic (exact) mass is 360 g/mol. The second-order valence-electron chi connectivity index (χ2n) is 7.14. The molecule has 0 heteroatoms. The standard InChI is InChI=1S/C28H24/c1-4-10-24(11-5-1)16-17-26-19-22-28(23-20-26,27-14-8-3-9-15-27)21-18-25-12-6-2-7-13-25/h1-22H,23H2. The Morgan fingerprint density at radius 3 is 1.75 bits per heavy atom. The second-order valence-corrected chi connectivity index (χ2v) is 7.14. The summed E-state index contributed by atoms with van der Waals surface area (Å²) in [6.45, 7) is 0. The van der Waals surface area contributed by atoms with Crippen molar-refractivity contribution in [2.24, 2.45) is 0 Å². The van der Waals surface area contributed by atoms with E-state index in [1.807, 2.05) is 6.07 Å². The molecule has 28 heavy (non-hydrogen) atoms. The quantitative estimate of drug-likeness (QED) is 0.450. The SMILES string of the molecule is C(=Cc1ccccc1)C1=CCC(C=Cc2ccccc2)(c2ccccc2)C=C1. The van der Waals surface area contributed by atoms with E-state index in [-0.39, 0.29) is 5.41 Å². The highest BCUT2D eigenvalue weighted by Crippen LogP contribution is 2.36. The lowest BCUT2D eigenvalue weighted by Gasteiger charge is -2.30. The molecule has 0 heterocycles. The summed E-state index contributed by atoms with van der Waals surface area (Å²) < 4.78 is 0. The highest BCUT2D eigenvalue weighted by atomic mass is 14.3. The van der Waals surface area contributed by atoms with E-state index in [4.69, 9.17) is 0 Å². The number of rotatable bonds is 5. The molecule has 1 aliphatic carbocycles. The van der Waals surface area contributed by atoms with Crippen molar-refractivity contribution in [3.8, 4) is 0 Å². The Hall–Kier alpha value is -3.38. The molecule has 0 aliphatic heterocycles. The first-order valence-corrected chi connectivity index (χ1v) is 9.76. The van der Waals surface area contributed by atoms with Crippen LogP contribution >= 0.6 is 0 Å². The van der Waals surface area contributed by atoms with Crippen LogP contribution in [0.15, 0.2) is 127 Å². The lowest BCUT2D eigenvalue weighted by molar-refractivity contribution is 0.675. The normalized spacial score (nSPS) is 19.2. The molecule has 0 spiro atoms. The van der Waals surface area contributed by atoms with E-state index in [0.29, 0.717) is 0 Å². The lowest BCUT2D eigenvalue weighted by Crippen LogP contribution is -2.21. The molecule has 0 fully saturated rings. The van der Waals surface area contributed by atoms with Crippen molar-refractivity contribution < 1.29 is 0 Å². The first-order chi connectivity index (χ1) is 13.8. The van der Waals surface area contributed by atoms with E-state index in [9.17, 15) is 0 Å². The Morgan fingerprint density at radius 2 is 1.18 bits per heavy atom. The predicted molar refractivity (Wildman–Crippen MR) is 121 cm³/mol. The molecule has 136 valence electrons.